The predicted octanol–water partition coefficient (Wildman–Crippen LogP) is 1.00. The second kappa shape index (κ2) is 8.07. The molecular weight excluding hydrogens is 260 g/mol. The summed E-state index contributed by atoms with van der Waals surface area (Å²) in [4.78, 5) is 12.2. The molecule has 0 saturated carbocycles. The van der Waals surface area contributed by atoms with E-state index in [-0.39, 0.29) is 24.4 Å². The van der Waals surface area contributed by atoms with Gasteiger partial charge in [-0.15, -0.1) is 0 Å². The summed E-state index contributed by atoms with van der Waals surface area (Å²) in [5.41, 5.74) is 6.62. The minimum absolute atomic E-state index is 0.00848. The second-order valence-corrected chi connectivity index (χ2v) is 6.23. The van der Waals surface area contributed by atoms with Crippen molar-refractivity contribution in [1.82, 2.24) is 5.32 Å². The SMILES string of the molecule is CC(CCS(C)=O)NC(=O)C(CN)c1ccccc1. The number of nitrogens with two attached hydrogens (primary N) is 1. The fourth-order valence-electron chi connectivity index (χ4n) is 1.84. The lowest BCUT2D eigenvalue weighted by Gasteiger charge is -2.19. The van der Waals surface area contributed by atoms with E-state index in [1.54, 1.807) is 6.26 Å². The third-order valence-electron chi connectivity index (χ3n) is 2.98. The molecular formula is C14H22N2O2S. The molecule has 5 heteroatoms. The normalized spacial score (nSPS) is 15.5. The van der Waals surface area contributed by atoms with Crippen LogP contribution >= 0.6 is 0 Å². The number of carbonyl (C=O) groups is 1. The summed E-state index contributed by atoms with van der Waals surface area (Å²) < 4.78 is 11.0. The van der Waals surface area contributed by atoms with Crippen molar-refractivity contribution >= 4 is 16.7 Å². The number of amides is 1. The highest BCUT2D eigenvalue weighted by molar-refractivity contribution is 7.84. The standard InChI is InChI=1S/C14H22N2O2S/c1-11(8-9-19(2)18)16-14(17)13(10-15)12-6-4-3-5-7-12/h3-7,11,13H,8-10,15H2,1-2H3,(H,16,17). The minimum atomic E-state index is -0.825. The van der Waals surface area contributed by atoms with Gasteiger partial charge in [-0.05, 0) is 18.9 Å². The van der Waals surface area contributed by atoms with Crippen LogP contribution in [0.4, 0.5) is 0 Å². The van der Waals surface area contributed by atoms with Crippen LogP contribution < -0.4 is 11.1 Å². The summed E-state index contributed by atoms with van der Waals surface area (Å²) in [5, 5.41) is 2.93. The van der Waals surface area contributed by atoms with Gasteiger partial charge >= 0.3 is 0 Å². The Hall–Kier alpha value is -1.20. The second-order valence-electron chi connectivity index (χ2n) is 4.67. The first-order valence-electron chi connectivity index (χ1n) is 6.40. The Balaban J connectivity index is 2.57. The van der Waals surface area contributed by atoms with Crippen LogP contribution in [0.5, 0.6) is 0 Å². The van der Waals surface area contributed by atoms with E-state index in [2.05, 4.69) is 5.32 Å². The molecule has 0 radical (unpaired) electrons. The number of carbonyl (C=O) groups excluding carboxylic acids is 1. The van der Waals surface area contributed by atoms with Crippen molar-refractivity contribution < 1.29 is 9.00 Å². The molecule has 3 N–H and O–H groups in total. The quantitative estimate of drug-likeness (QED) is 0.784. The van der Waals surface area contributed by atoms with E-state index in [0.717, 1.165) is 5.56 Å². The Bertz CT molecular complexity index is 423. The first-order chi connectivity index (χ1) is 9.04. The van der Waals surface area contributed by atoms with Gasteiger partial charge in [0.1, 0.15) is 0 Å². The number of nitrogens with one attached hydrogen (secondary N) is 1. The van der Waals surface area contributed by atoms with E-state index in [1.807, 2.05) is 37.3 Å². The zero-order chi connectivity index (χ0) is 14.3. The molecule has 0 saturated heterocycles. The highest BCUT2D eigenvalue weighted by Gasteiger charge is 2.20. The van der Waals surface area contributed by atoms with Gasteiger partial charge in [-0.3, -0.25) is 9.00 Å². The van der Waals surface area contributed by atoms with Crippen molar-refractivity contribution in [3.8, 4) is 0 Å². The average molecular weight is 282 g/mol. The Kier molecular flexibility index (Phi) is 6.73. The number of hydrogen-bond donors (Lipinski definition) is 2. The monoisotopic (exact) mass is 282 g/mol. The molecule has 3 atom stereocenters. The molecule has 1 amide bonds. The number of benzene rings is 1. The van der Waals surface area contributed by atoms with Gasteiger partial charge in [-0.1, -0.05) is 30.3 Å². The van der Waals surface area contributed by atoms with E-state index in [4.69, 9.17) is 5.73 Å². The van der Waals surface area contributed by atoms with Gasteiger partial charge in [0.05, 0.1) is 5.92 Å². The Labute approximate surface area is 117 Å². The molecule has 0 aromatic heterocycles. The zero-order valence-corrected chi connectivity index (χ0v) is 12.3. The van der Waals surface area contributed by atoms with E-state index in [1.165, 1.54) is 0 Å². The van der Waals surface area contributed by atoms with E-state index >= 15 is 0 Å². The van der Waals surface area contributed by atoms with Crippen LogP contribution in [-0.4, -0.2) is 34.7 Å². The van der Waals surface area contributed by atoms with Crippen molar-refractivity contribution in [1.29, 1.82) is 0 Å². The van der Waals surface area contributed by atoms with Crippen LogP contribution in [0, 0.1) is 0 Å². The molecule has 0 heterocycles. The fourth-order valence-corrected chi connectivity index (χ4v) is 2.52. The lowest BCUT2D eigenvalue weighted by molar-refractivity contribution is -0.123. The maximum absolute atomic E-state index is 12.2. The van der Waals surface area contributed by atoms with Crippen LogP contribution in [0.25, 0.3) is 0 Å². The summed E-state index contributed by atoms with van der Waals surface area (Å²) in [6.45, 7) is 2.20. The van der Waals surface area contributed by atoms with Gasteiger partial charge in [0, 0.05) is 35.4 Å². The first kappa shape index (κ1) is 15.9. The van der Waals surface area contributed by atoms with E-state index < -0.39 is 10.8 Å². The molecule has 0 aliphatic rings. The van der Waals surface area contributed by atoms with Crippen LogP contribution in [-0.2, 0) is 15.6 Å². The predicted molar refractivity (Wildman–Crippen MR) is 79.4 cm³/mol. The fraction of sp³-hybridized carbons (Fsp3) is 0.500. The topological polar surface area (TPSA) is 72.2 Å². The summed E-state index contributed by atoms with van der Waals surface area (Å²) in [7, 11) is -0.825. The molecule has 19 heavy (non-hydrogen) atoms. The van der Waals surface area contributed by atoms with E-state index in [0.29, 0.717) is 12.2 Å². The highest BCUT2D eigenvalue weighted by atomic mass is 32.2. The van der Waals surface area contributed by atoms with Gasteiger partial charge in [0.25, 0.3) is 0 Å². The van der Waals surface area contributed by atoms with Crippen molar-refractivity contribution in [3.63, 3.8) is 0 Å². The largest absolute Gasteiger partial charge is 0.353 e. The molecule has 0 fully saturated rings. The molecule has 3 unspecified atom stereocenters. The van der Waals surface area contributed by atoms with Gasteiger partial charge in [0.2, 0.25) is 5.91 Å². The lowest BCUT2D eigenvalue weighted by atomic mass is 9.98. The van der Waals surface area contributed by atoms with E-state index in [9.17, 15) is 9.00 Å². The van der Waals surface area contributed by atoms with Gasteiger partial charge < -0.3 is 11.1 Å². The van der Waals surface area contributed by atoms with Crippen molar-refractivity contribution in [2.45, 2.75) is 25.3 Å². The maximum atomic E-state index is 12.2. The summed E-state index contributed by atoms with van der Waals surface area (Å²) in [5.74, 6) is 0.207. The third-order valence-corrected chi connectivity index (χ3v) is 3.79. The van der Waals surface area contributed by atoms with Crippen molar-refractivity contribution in [2.75, 3.05) is 18.6 Å². The Morgan fingerprint density at radius 1 is 1.37 bits per heavy atom. The first-order valence-corrected chi connectivity index (χ1v) is 8.12. The zero-order valence-electron chi connectivity index (χ0n) is 11.5. The molecule has 1 aromatic carbocycles. The average Bonchev–Trinajstić information content (AvgIpc) is 2.38. The van der Waals surface area contributed by atoms with Gasteiger partial charge in [0.15, 0.2) is 0 Å². The summed E-state index contributed by atoms with van der Waals surface area (Å²) in [6, 6.07) is 9.53. The Morgan fingerprint density at radius 3 is 2.53 bits per heavy atom. The molecule has 0 aliphatic carbocycles. The van der Waals surface area contributed by atoms with Gasteiger partial charge in [-0.25, -0.2) is 0 Å². The summed E-state index contributed by atoms with van der Waals surface area (Å²) >= 11 is 0. The maximum Gasteiger partial charge on any atom is 0.229 e. The number of rotatable bonds is 7. The third kappa shape index (κ3) is 5.53. The molecule has 4 nitrogen and oxygen atoms in total. The molecule has 1 rings (SSSR count). The Morgan fingerprint density at radius 2 is 2.00 bits per heavy atom. The molecule has 106 valence electrons. The highest BCUT2D eigenvalue weighted by Crippen LogP contribution is 2.14. The van der Waals surface area contributed by atoms with Crippen LogP contribution in [0.2, 0.25) is 0 Å². The lowest BCUT2D eigenvalue weighted by Crippen LogP contribution is -2.39. The van der Waals surface area contributed by atoms with Crippen LogP contribution in [0.15, 0.2) is 30.3 Å². The van der Waals surface area contributed by atoms with Crippen LogP contribution in [0.3, 0.4) is 0 Å². The minimum Gasteiger partial charge on any atom is -0.353 e. The number of hydrogen-bond acceptors (Lipinski definition) is 3. The van der Waals surface area contributed by atoms with Gasteiger partial charge in [-0.2, -0.15) is 0 Å². The molecule has 1 aromatic rings. The van der Waals surface area contributed by atoms with Crippen molar-refractivity contribution in [2.24, 2.45) is 5.73 Å². The smallest absolute Gasteiger partial charge is 0.229 e. The molecule has 0 aliphatic heterocycles. The molecule has 0 spiro atoms. The molecule has 0 bridgehead atoms. The van der Waals surface area contributed by atoms with Crippen LogP contribution in [0.1, 0.15) is 24.8 Å². The van der Waals surface area contributed by atoms with Crippen molar-refractivity contribution in [3.05, 3.63) is 35.9 Å². The summed E-state index contributed by atoms with van der Waals surface area (Å²) in [6.07, 6.45) is 2.38.